The van der Waals surface area contributed by atoms with Crippen LogP contribution in [0.3, 0.4) is 0 Å². The molecule has 0 aromatic heterocycles. The first-order valence-corrected chi connectivity index (χ1v) is 7.26. The summed E-state index contributed by atoms with van der Waals surface area (Å²) < 4.78 is 12.3. The fourth-order valence-electron chi connectivity index (χ4n) is 2.03. The Morgan fingerprint density at radius 3 is 3.17 bits per heavy atom. The highest BCUT2D eigenvalue weighted by Crippen LogP contribution is 2.22. The van der Waals surface area contributed by atoms with Crippen LogP contribution in [0, 0.1) is 6.92 Å². The second kappa shape index (κ2) is 7.12. The summed E-state index contributed by atoms with van der Waals surface area (Å²) >= 11 is 3.45. The van der Waals surface area contributed by atoms with E-state index in [1.165, 1.54) is 12.8 Å². The molecular formula is C14H20BrNO2. The Morgan fingerprint density at radius 2 is 2.39 bits per heavy atom. The van der Waals surface area contributed by atoms with Crippen LogP contribution in [-0.2, 0) is 4.74 Å². The first-order chi connectivity index (χ1) is 8.75. The maximum atomic E-state index is 5.75. The number of ether oxygens (including phenoxy) is 2. The third-order valence-corrected chi connectivity index (χ3v) is 3.58. The molecule has 0 bridgehead atoms. The van der Waals surface area contributed by atoms with Gasteiger partial charge in [0.1, 0.15) is 12.4 Å². The van der Waals surface area contributed by atoms with Gasteiger partial charge >= 0.3 is 0 Å². The van der Waals surface area contributed by atoms with Gasteiger partial charge in [-0.1, -0.05) is 22.0 Å². The van der Waals surface area contributed by atoms with Gasteiger partial charge in [-0.15, -0.1) is 0 Å². The van der Waals surface area contributed by atoms with E-state index in [1.54, 1.807) is 0 Å². The predicted octanol–water partition coefficient (Wildman–Crippen LogP) is 2.90. The molecule has 1 N–H and O–H groups in total. The van der Waals surface area contributed by atoms with E-state index < -0.39 is 0 Å². The number of halogens is 1. The molecule has 0 amide bonds. The van der Waals surface area contributed by atoms with Crippen LogP contribution < -0.4 is 10.1 Å². The molecule has 1 aromatic rings. The SMILES string of the molecule is Cc1ccc(Br)cc1OCCNCC1CCCO1. The van der Waals surface area contributed by atoms with Gasteiger partial charge in [-0.2, -0.15) is 0 Å². The summed E-state index contributed by atoms with van der Waals surface area (Å²) in [5.41, 5.74) is 1.16. The van der Waals surface area contributed by atoms with Gasteiger partial charge in [0.15, 0.2) is 0 Å². The van der Waals surface area contributed by atoms with Gasteiger partial charge in [-0.05, 0) is 37.5 Å². The molecule has 0 spiro atoms. The monoisotopic (exact) mass is 313 g/mol. The summed E-state index contributed by atoms with van der Waals surface area (Å²) in [5, 5.41) is 3.37. The van der Waals surface area contributed by atoms with Crippen LogP contribution in [0.2, 0.25) is 0 Å². The standard InChI is InChI=1S/C14H20BrNO2/c1-11-4-5-12(15)9-14(11)18-8-6-16-10-13-3-2-7-17-13/h4-5,9,13,16H,2-3,6-8,10H2,1H3. The lowest BCUT2D eigenvalue weighted by atomic mass is 10.2. The molecule has 1 aromatic carbocycles. The van der Waals surface area contributed by atoms with Crippen LogP contribution in [-0.4, -0.2) is 32.4 Å². The van der Waals surface area contributed by atoms with Crippen molar-refractivity contribution in [2.24, 2.45) is 0 Å². The molecule has 18 heavy (non-hydrogen) atoms. The van der Waals surface area contributed by atoms with Crippen LogP contribution in [0.1, 0.15) is 18.4 Å². The van der Waals surface area contributed by atoms with Gasteiger partial charge in [-0.25, -0.2) is 0 Å². The first kappa shape index (κ1) is 13.8. The van der Waals surface area contributed by atoms with Crippen molar-refractivity contribution in [3.8, 4) is 5.75 Å². The van der Waals surface area contributed by atoms with Crippen LogP contribution in [0.5, 0.6) is 5.75 Å². The number of hydrogen-bond acceptors (Lipinski definition) is 3. The molecule has 1 atom stereocenters. The summed E-state index contributed by atoms with van der Waals surface area (Å²) in [6, 6.07) is 6.09. The number of aryl methyl sites for hydroxylation is 1. The van der Waals surface area contributed by atoms with E-state index in [9.17, 15) is 0 Å². The quantitative estimate of drug-likeness (QED) is 0.819. The summed E-state index contributed by atoms with van der Waals surface area (Å²) in [6.07, 6.45) is 2.77. The van der Waals surface area contributed by atoms with E-state index in [4.69, 9.17) is 9.47 Å². The van der Waals surface area contributed by atoms with E-state index in [-0.39, 0.29) is 0 Å². The van der Waals surface area contributed by atoms with Crippen LogP contribution in [0.15, 0.2) is 22.7 Å². The average Bonchev–Trinajstić information content (AvgIpc) is 2.86. The van der Waals surface area contributed by atoms with Gasteiger partial charge in [0.2, 0.25) is 0 Å². The van der Waals surface area contributed by atoms with Crippen molar-refractivity contribution in [1.29, 1.82) is 0 Å². The minimum Gasteiger partial charge on any atom is -0.492 e. The second-order valence-electron chi connectivity index (χ2n) is 4.60. The summed E-state index contributed by atoms with van der Waals surface area (Å²) in [6.45, 7) is 5.44. The largest absolute Gasteiger partial charge is 0.492 e. The number of rotatable bonds is 6. The molecule has 0 saturated carbocycles. The Morgan fingerprint density at radius 1 is 1.50 bits per heavy atom. The zero-order chi connectivity index (χ0) is 12.8. The zero-order valence-electron chi connectivity index (χ0n) is 10.7. The minimum absolute atomic E-state index is 0.401. The van der Waals surface area contributed by atoms with E-state index in [1.807, 2.05) is 12.1 Å². The van der Waals surface area contributed by atoms with Gasteiger partial charge in [0.25, 0.3) is 0 Å². The van der Waals surface area contributed by atoms with Crippen LogP contribution in [0.4, 0.5) is 0 Å². The smallest absolute Gasteiger partial charge is 0.123 e. The van der Waals surface area contributed by atoms with Crippen molar-refractivity contribution in [2.45, 2.75) is 25.9 Å². The van der Waals surface area contributed by atoms with Crippen molar-refractivity contribution in [2.75, 3.05) is 26.3 Å². The van der Waals surface area contributed by atoms with E-state index in [0.717, 1.165) is 35.5 Å². The number of benzene rings is 1. The summed E-state index contributed by atoms with van der Waals surface area (Å²) in [5.74, 6) is 0.947. The number of hydrogen-bond donors (Lipinski definition) is 1. The summed E-state index contributed by atoms with van der Waals surface area (Å²) in [7, 11) is 0. The Kier molecular flexibility index (Phi) is 5.47. The average molecular weight is 314 g/mol. The van der Waals surface area contributed by atoms with Crippen molar-refractivity contribution in [3.05, 3.63) is 28.2 Å². The van der Waals surface area contributed by atoms with Crippen LogP contribution in [0.25, 0.3) is 0 Å². The molecule has 2 rings (SSSR count). The fourth-order valence-corrected chi connectivity index (χ4v) is 2.37. The Hall–Kier alpha value is -0.580. The maximum Gasteiger partial charge on any atom is 0.123 e. The first-order valence-electron chi connectivity index (χ1n) is 6.47. The molecule has 1 fully saturated rings. The van der Waals surface area contributed by atoms with Gasteiger partial charge in [0, 0.05) is 24.2 Å². The maximum absolute atomic E-state index is 5.75. The Balaban J connectivity index is 1.64. The topological polar surface area (TPSA) is 30.5 Å². The molecule has 1 saturated heterocycles. The highest BCUT2D eigenvalue weighted by Gasteiger charge is 2.14. The molecule has 0 radical (unpaired) electrons. The third kappa shape index (κ3) is 4.26. The normalized spacial score (nSPS) is 19.1. The molecule has 1 aliphatic heterocycles. The van der Waals surface area contributed by atoms with Crippen molar-refractivity contribution in [1.82, 2.24) is 5.32 Å². The molecule has 1 unspecified atom stereocenters. The minimum atomic E-state index is 0.401. The van der Waals surface area contributed by atoms with Crippen molar-refractivity contribution in [3.63, 3.8) is 0 Å². The molecular weight excluding hydrogens is 294 g/mol. The third-order valence-electron chi connectivity index (χ3n) is 3.08. The molecule has 100 valence electrons. The lowest BCUT2D eigenvalue weighted by molar-refractivity contribution is 0.109. The van der Waals surface area contributed by atoms with Crippen molar-refractivity contribution >= 4 is 15.9 Å². The molecule has 3 nitrogen and oxygen atoms in total. The van der Waals surface area contributed by atoms with Crippen molar-refractivity contribution < 1.29 is 9.47 Å². The number of nitrogens with one attached hydrogen (secondary N) is 1. The van der Waals surface area contributed by atoms with E-state index >= 15 is 0 Å². The second-order valence-corrected chi connectivity index (χ2v) is 5.51. The molecule has 0 aliphatic carbocycles. The van der Waals surface area contributed by atoms with Gasteiger partial charge in [-0.3, -0.25) is 0 Å². The molecule has 1 heterocycles. The van der Waals surface area contributed by atoms with Gasteiger partial charge in [0.05, 0.1) is 6.10 Å². The highest BCUT2D eigenvalue weighted by atomic mass is 79.9. The Bertz CT molecular complexity index is 378. The lowest BCUT2D eigenvalue weighted by Crippen LogP contribution is -2.29. The fraction of sp³-hybridized carbons (Fsp3) is 0.571. The van der Waals surface area contributed by atoms with Gasteiger partial charge < -0.3 is 14.8 Å². The van der Waals surface area contributed by atoms with Crippen LogP contribution >= 0.6 is 15.9 Å². The lowest BCUT2D eigenvalue weighted by Gasteiger charge is -2.12. The van der Waals surface area contributed by atoms with E-state index in [0.29, 0.717) is 12.7 Å². The van der Waals surface area contributed by atoms with E-state index in [2.05, 4.69) is 34.2 Å². The predicted molar refractivity (Wildman–Crippen MR) is 76.2 cm³/mol. The summed E-state index contributed by atoms with van der Waals surface area (Å²) in [4.78, 5) is 0. The zero-order valence-corrected chi connectivity index (χ0v) is 12.3. The Labute approximate surface area is 117 Å². The molecule has 4 heteroatoms. The molecule has 1 aliphatic rings. The highest BCUT2D eigenvalue weighted by molar-refractivity contribution is 9.10.